The third kappa shape index (κ3) is 4.19. The quantitative estimate of drug-likeness (QED) is 0.740. The zero-order valence-corrected chi connectivity index (χ0v) is 16.1. The molecule has 0 unspecified atom stereocenters. The fourth-order valence-electron chi connectivity index (χ4n) is 3.25. The third-order valence-electron chi connectivity index (χ3n) is 4.76. The van der Waals surface area contributed by atoms with E-state index in [4.69, 9.17) is 19.3 Å². The molecule has 1 fully saturated rings. The van der Waals surface area contributed by atoms with E-state index in [1.807, 2.05) is 6.07 Å². The molecule has 3 rings (SSSR count). The summed E-state index contributed by atoms with van der Waals surface area (Å²) in [6.07, 6.45) is 2.70. The van der Waals surface area contributed by atoms with Gasteiger partial charge in [-0.05, 0) is 12.8 Å². The normalized spacial score (nSPS) is 14.5. The average Bonchev–Trinajstić information content (AvgIpc) is 2.73. The zero-order chi connectivity index (χ0) is 20.1. The summed E-state index contributed by atoms with van der Waals surface area (Å²) in [7, 11) is 4.67. The maximum absolute atomic E-state index is 11.1. The highest BCUT2D eigenvalue weighted by Gasteiger charge is 2.25. The molecule has 1 aromatic carbocycles. The molecule has 0 bridgehead atoms. The van der Waals surface area contributed by atoms with E-state index < -0.39 is 5.97 Å². The SMILES string of the molecule is COc1cc(Nc2cc(N3CCC(C(=O)O)CC3)ncn2)cc(OC)c1OC. The van der Waals surface area contributed by atoms with Gasteiger partial charge in [-0.15, -0.1) is 0 Å². The number of nitrogens with zero attached hydrogens (tertiary/aromatic N) is 3. The molecule has 0 spiro atoms. The molecule has 150 valence electrons. The summed E-state index contributed by atoms with van der Waals surface area (Å²) >= 11 is 0. The number of carbonyl (C=O) groups is 1. The molecule has 0 aliphatic carbocycles. The highest BCUT2D eigenvalue weighted by atomic mass is 16.5. The Hall–Kier alpha value is -3.23. The van der Waals surface area contributed by atoms with Crippen LogP contribution in [0.1, 0.15) is 12.8 Å². The summed E-state index contributed by atoms with van der Waals surface area (Å²) in [4.78, 5) is 21.8. The first-order chi connectivity index (χ1) is 13.5. The summed E-state index contributed by atoms with van der Waals surface area (Å²) in [6.45, 7) is 1.30. The molecule has 1 aliphatic rings. The number of benzene rings is 1. The van der Waals surface area contributed by atoms with E-state index in [1.54, 1.807) is 33.5 Å². The van der Waals surface area contributed by atoms with Crippen molar-refractivity contribution >= 4 is 23.3 Å². The molecule has 2 N–H and O–H groups in total. The maximum Gasteiger partial charge on any atom is 0.306 e. The Labute approximate surface area is 163 Å². The number of anilines is 3. The molecule has 9 heteroatoms. The van der Waals surface area contributed by atoms with Gasteiger partial charge in [0.1, 0.15) is 18.0 Å². The minimum atomic E-state index is -0.730. The van der Waals surface area contributed by atoms with Gasteiger partial charge in [-0.2, -0.15) is 0 Å². The van der Waals surface area contributed by atoms with Crippen LogP contribution in [0.4, 0.5) is 17.3 Å². The van der Waals surface area contributed by atoms with Crippen LogP contribution in [0.15, 0.2) is 24.5 Å². The van der Waals surface area contributed by atoms with Crippen LogP contribution in [0.5, 0.6) is 17.2 Å². The largest absolute Gasteiger partial charge is 0.493 e. The van der Waals surface area contributed by atoms with Gasteiger partial charge in [0, 0.05) is 37.0 Å². The maximum atomic E-state index is 11.1. The van der Waals surface area contributed by atoms with Crippen LogP contribution in [0, 0.1) is 5.92 Å². The van der Waals surface area contributed by atoms with Gasteiger partial charge >= 0.3 is 5.97 Å². The second-order valence-electron chi connectivity index (χ2n) is 6.40. The minimum absolute atomic E-state index is 0.282. The van der Waals surface area contributed by atoms with Gasteiger partial charge in [-0.1, -0.05) is 0 Å². The monoisotopic (exact) mass is 388 g/mol. The second kappa shape index (κ2) is 8.64. The summed E-state index contributed by atoms with van der Waals surface area (Å²) in [5, 5.41) is 12.4. The Balaban J connectivity index is 1.77. The van der Waals surface area contributed by atoms with E-state index in [-0.39, 0.29) is 5.92 Å². The Morgan fingerprint density at radius 1 is 1.07 bits per heavy atom. The van der Waals surface area contributed by atoms with E-state index in [9.17, 15) is 4.79 Å². The zero-order valence-electron chi connectivity index (χ0n) is 16.1. The van der Waals surface area contributed by atoms with Crippen molar-refractivity contribution in [1.29, 1.82) is 0 Å². The van der Waals surface area contributed by atoms with Crippen molar-refractivity contribution in [3.8, 4) is 17.2 Å². The van der Waals surface area contributed by atoms with Crippen molar-refractivity contribution in [3.05, 3.63) is 24.5 Å². The van der Waals surface area contributed by atoms with Crippen molar-refractivity contribution in [2.75, 3.05) is 44.6 Å². The number of hydrogen-bond donors (Lipinski definition) is 2. The number of aliphatic carboxylic acids is 1. The number of ether oxygens (including phenoxy) is 3. The van der Waals surface area contributed by atoms with E-state index >= 15 is 0 Å². The topological polar surface area (TPSA) is 106 Å². The molecule has 1 aromatic heterocycles. The van der Waals surface area contributed by atoms with Crippen LogP contribution in [0.3, 0.4) is 0 Å². The highest BCUT2D eigenvalue weighted by molar-refractivity contribution is 5.70. The van der Waals surface area contributed by atoms with E-state index in [1.165, 1.54) is 6.33 Å². The average molecular weight is 388 g/mol. The van der Waals surface area contributed by atoms with Gasteiger partial charge in [0.15, 0.2) is 11.5 Å². The molecule has 0 atom stereocenters. The Morgan fingerprint density at radius 3 is 2.25 bits per heavy atom. The predicted molar refractivity (Wildman–Crippen MR) is 104 cm³/mol. The van der Waals surface area contributed by atoms with Crippen LogP contribution < -0.4 is 24.4 Å². The lowest BCUT2D eigenvalue weighted by atomic mass is 9.97. The van der Waals surface area contributed by atoms with Crippen LogP contribution in [-0.2, 0) is 4.79 Å². The molecule has 1 saturated heterocycles. The molecule has 1 aliphatic heterocycles. The van der Waals surface area contributed by atoms with Crippen molar-refractivity contribution < 1.29 is 24.1 Å². The van der Waals surface area contributed by atoms with Crippen molar-refractivity contribution in [2.24, 2.45) is 5.92 Å². The Morgan fingerprint density at radius 2 is 1.71 bits per heavy atom. The van der Waals surface area contributed by atoms with E-state index in [2.05, 4.69) is 20.2 Å². The minimum Gasteiger partial charge on any atom is -0.493 e. The Bertz CT molecular complexity index is 812. The first-order valence-corrected chi connectivity index (χ1v) is 8.92. The van der Waals surface area contributed by atoms with Crippen LogP contribution >= 0.6 is 0 Å². The number of rotatable bonds is 7. The number of piperidine rings is 1. The summed E-state index contributed by atoms with van der Waals surface area (Å²) in [6, 6.07) is 5.42. The summed E-state index contributed by atoms with van der Waals surface area (Å²) in [5.74, 6) is 1.94. The lowest BCUT2D eigenvalue weighted by Gasteiger charge is -2.31. The number of methoxy groups -OCH3 is 3. The van der Waals surface area contributed by atoms with Crippen LogP contribution in [0.25, 0.3) is 0 Å². The molecular formula is C19H24N4O5. The lowest BCUT2D eigenvalue weighted by Crippen LogP contribution is -2.36. The first-order valence-electron chi connectivity index (χ1n) is 8.92. The van der Waals surface area contributed by atoms with Crippen molar-refractivity contribution in [3.63, 3.8) is 0 Å². The fraction of sp³-hybridized carbons (Fsp3) is 0.421. The fourth-order valence-corrected chi connectivity index (χ4v) is 3.25. The number of hydrogen-bond acceptors (Lipinski definition) is 8. The molecule has 0 amide bonds. The smallest absolute Gasteiger partial charge is 0.306 e. The highest BCUT2D eigenvalue weighted by Crippen LogP contribution is 2.40. The van der Waals surface area contributed by atoms with Crippen LogP contribution in [-0.4, -0.2) is 55.5 Å². The van der Waals surface area contributed by atoms with Crippen molar-refractivity contribution in [2.45, 2.75) is 12.8 Å². The van der Waals surface area contributed by atoms with Gasteiger partial charge in [0.25, 0.3) is 0 Å². The summed E-state index contributed by atoms with van der Waals surface area (Å²) in [5.41, 5.74) is 0.726. The van der Waals surface area contributed by atoms with Gasteiger partial charge in [-0.25, -0.2) is 9.97 Å². The lowest BCUT2D eigenvalue weighted by molar-refractivity contribution is -0.142. The van der Waals surface area contributed by atoms with Gasteiger partial charge in [0.2, 0.25) is 5.75 Å². The molecule has 0 saturated carbocycles. The summed E-state index contributed by atoms with van der Waals surface area (Å²) < 4.78 is 16.1. The number of nitrogens with one attached hydrogen (secondary N) is 1. The number of aromatic nitrogens is 2. The van der Waals surface area contributed by atoms with Crippen molar-refractivity contribution in [1.82, 2.24) is 9.97 Å². The molecule has 0 radical (unpaired) electrons. The van der Waals surface area contributed by atoms with Gasteiger partial charge in [-0.3, -0.25) is 4.79 Å². The Kier molecular flexibility index (Phi) is 6.03. The molecule has 2 heterocycles. The number of carboxylic acid groups (broad SMARTS) is 1. The molecule has 2 aromatic rings. The standard InChI is InChI=1S/C19H24N4O5/c1-26-14-8-13(9-15(27-2)18(14)28-3)22-16-10-17(21-11-20-16)23-6-4-12(5-7-23)19(24)25/h8-12H,4-7H2,1-3H3,(H,24,25)(H,20,21,22). The van der Waals surface area contributed by atoms with Gasteiger partial charge < -0.3 is 29.5 Å². The first kappa shape index (κ1) is 19.5. The van der Waals surface area contributed by atoms with E-state index in [0.717, 1.165) is 11.5 Å². The third-order valence-corrected chi connectivity index (χ3v) is 4.76. The molecule has 9 nitrogen and oxygen atoms in total. The number of carboxylic acids is 1. The molecular weight excluding hydrogens is 364 g/mol. The van der Waals surface area contributed by atoms with E-state index in [0.29, 0.717) is 49.0 Å². The van der Waals surface area contributed by atoms with Crippen LogP contribution in [0.2, 0.25) is 0 Å². The van der Waals surface area contributed by atoms with Gasteiger partial charge in [0.05, 0.1) is 27.2 Å². The predicted octanol–water partition coefficient (Wildman–Crippen LogP) is 2.55. The second-order valence-corrected chi connectivity index (χ2v) is 6.40. The molecule has 28 heavy (non-hydrogen) atoms.